The summed E-state index contributed by atoms with van der Waals surface area (Å²) >= 11 is 0. The molecule has 0 saturated heterocycles. The van der Waals surface area contributed by atoms with Crippen LogP contribution in [0.25, 0.3) is 0 Å². The standard InChI is InChI=1S/C14H20N4/c1-4-13(12-7-5-11(2)6-8-12)15-9-14-16-10-18(3)17-14/h5-8,10,13,15H,4,9H2,1-3H3. The lowest BCUT2D eigenvalue weighted by Gasteiger charge is -2.16. The molecular weight excluding hydrogens is 224 g/mol. The fourth-order valence-electron chi connectivity index (χ4n) is 1.98. The van der Waals surface area contributed by atoms with Crippen LogP contribution in [0.1, 0.15) is 36.3 Å². The second-order valence-corrected chi connectivity index (χ2v) is 4.59. The molecule has 0 saturated carbocycles. The van der Waals surface area contributed by atoms with E-state index in [-0.39, 0.29) is 0 Å². The van der Waals surface area contributed by atoms with Gasteiger partial charge in [-0.05, 0) is 18.9 Å². The van der Waals surface area contributed by atoms with Crippen molar-refractivity contribution in [3.63, 3.8) is 0 Å². The van der Waals surface area contributed by atoms with Gasteiger partial charge in [0.2, 0.25) is 0 Å². The number of hydrogen-bond donors (Lipinski definition) is 1. The van der Waals surface area contributed by atoms with Crippen LogP contribution in [-0.4, -0.2) is 14.8 Å². The van der Waals surface area contributed by atoms with Gasteiger partial charge in [0.05, 0.1) is 6.54 Å². The Kier molecular flexibility index (Phi) is 4.10. The van der Waals surface area contributed by atoms with Gasteiger partial charge < -0.3 is 5.32 Å². The third-order valence-electron chi connectivity index (χ3n) is 3.04. The molecule has 4 nitrogen and oxygen atoms in total. The Hall–Kier alpha value is -1.68. The first-order valence-electron chi connectivity index (χ1n) is 6.33. The Morgan fingerprint density at radius 2 is 2.00 bits per heavy atom. The maximum Gasteiger partial charge on any atom is 0.164 e. The molecule has 0 radical (unpaired) electrons. The smallest absolute Gasteiger partial charge is 0.164 e. The molecule has 0 aliphatic rings. The SMILES string of the molecule is CCC(NCc1ncn(C)n1)c1ccc(C)cc1. The fourth-order valence-corrected chi connectivity index (χ4v) is 1.98. The van der Waals surface area contributed by atoms with Gasteiger partial charge in [0, 0.05) is 13.1 Å². The lowest BCUT2D eigenvalue weighted by atomic mass is 10.0. The van der Waals surface area contributed by atoms with Crippen molar-refractivity contribution in [2.24, 2.45) is 7.05 Å². The number of aryl methyl sites for hydroxylation is 2. The highest BCUT2D eigenvalue weighted by Gasteiger charge is 2.09. The first-order chi connectivity index (χ1) is 8.69. The number of nitrogens with zero attached hydrogens (tertiary/aromatic N) is 3. The van der Waals surface area contributed by atoms with E-state index in [9.17, 15) is 0 Å². The van der Waals surface area contributed by atoms with Gasteiger partial charge in [-0.3, -0.25) is 4.68 Å². The van der Waals surface area contributed by atoms with Crippen LogP contribution < -0.4 is 5.32 Å². The molecule has 1 heterocycles. The summed E-state index contributed by atoms with van der Waals surface area (Å²) < 4.78 is 1.73. The summed E-state index contributed by atoms with van der Waals surface area (Å²) in [6, 6.07) is 9.02. The van der Waals surface area contributed by atoms with Crippen LogP contribution in [-0.2, 0) is 13.6 Å². The predicted molar refractivity (Wildman–Crippen MR) is 72.1 cm³/mol. The molecule has 0 amide bonds. The van der Waals surface area contributed by atoms with Crippen molar-refractivity contribution < 1.29 is 0 Å². The summed E-state index contributed by atoms with van der Waals surface area (Å²) in [5, 5.41) is 7.76. The van der Waals surface area contributed by atoms with E-state index in [0.717, 1.165) is 12.2 Å². The average molecular weight is 244 g/mol. The van der Waals surface area contributed by atoms with Crippen molar-refractivity contribution in [2.75, 3.05) is 0 Å². The first kappa shape index (κ1) is 12.8. The molecule has 2 aromatic rings. The van der Waals surface area contributed by atoms with Crippen molar-refractivity contribution in [1.82, 2.24) is 20.1 Å². The fraction of sp³-hybridized carbons (Fsp3) is 0.429. The summed E-state index contributed by atoms with van der Waals surface area (Å²) in [5.41, 5.74) is 2.61. The zero-order valence-electron chi connectivity index (χ0n) is 11.2. The molecule has 0 aliphatic heterocycles. The van der Waals surface area contributed by atoms with E-state index in [0.29, 0.717) is 12.6 Å². The van der Waals surface area contributed by atoms with E-state index in [1.165, 1.54) is 11.1 Å². The quantitative estimate of drug-likeness (QED) is 0.878. The lowest BCUT2D eigenvalue weighted by Crippen LogP contribution is -2.21. The average Bonchev–Trinajstić information content (AvgIpc) is 2.78. The Morgan fingerprint density at radius 3 is 2.56 bits per heavy atom. The molecule has 0 bridgehead atoms. The maximum absolute atomic E-state index is 4.27. The number of aromatic nitrogens is 3. The molecule has 0 spiro atoms. The highest BCUT2D eigenvalue weighted by atomic mass is 15.3. The van der Waals surface area contributed by atoms with Crippen LogP contribution in [0.15, 0.2) is 30.6 Å². The van der Waals surface area contributed by atoms with E-state index in [1.807, 2.05) is 7.05 Å². The van der Waals surface area contributed by atoms with E-state index >= 15 is 0 Å². The van der Waals surface area contributed by atoms with Crippen molar-refractivity contribution in [3.8, 4) is 0 Å². The normalized spacial score (nSPS) is 12.6. The minimum atomic E-state index is 0.356. The summed E-state index contributed by atoms with van der Waals surface area (Å²) in [5.74, 6) is 0.836. The first-order valence-corrected chi connectivity index (χ1v) is 6.33. The Labute approximate surface area is 108 Å². The van der Waals surface area contributed by atoms with Crippen LogP contribution >= 0.6 is 0 Å². The van der Waals surface area contributed by atoms with Gasteiger partial charge in [0.25, 0.3) is 0 Å². The third-order valence-corrected chi connectivity index (χ3v) is 3.04. The van der Waals surface area contributed by atoms with Gasteiger partial charge in [-0.2, -0.15) is 5.10 Å². The Morgan fingerprint density at radius 1 is 1.28 bits per heavy atom. The van der Waals surface area contributed by atoms with Gasteiger partial charge in [-0.15, -0.1) is 0 Å². The minimum absolute atomic E-state index is 0.356. The second-order valence-electron chi connectivity index (χ2n) is 4.59. The summed E-state index contributed by atoms with van der Waals surface area (Å²) in [6.07, 6.45) is 2.78. The molecule has 1 N–H and O–H groups in total. The van der Waals surface area contributed by atoms with Gasteiger partial charge in [-0.1, -0.05) is 36.8 Å². The number of benzene rings is 1. The minimum Gasteiger partial charge on any atom is -0.303 e. The molecule has 2 rings (SSSR count). The number of hydrogen-bond acceptors (Lipinski definition) is 3. The molecule has 18 heavy (non-hydrogen) atoms. The van der Waals surface area contributed by atoms with Gasteiger partial charge in [-0.25, -0.2) is 4.98 Å². The highest BCUT2D eigenvalue weighted by Crippen LogP contribution is 2.17. The third kappa shape index (κ3) is 3.17. The molecule has 1 aromatic heterocycles. The van der Waals surface area contributed by atoms with Gasteiger partial charge in [0.15, 0.2) is 5.82 Å². The van der Waals surface area contributed by atoms with Crippen LogP contribution in [0.5, 0.6) is 0 Å². The Bertz CT molecular complexity index is 487. The van der Waals surface area contributed by atoms with Crippen LogP contribution in [0.2, 0.25) is 0 Å². The van der Waals surface area contributed by atoms with E-state index in [2.05, 4.69) is 53.5 Å². The van der Waals surface area contributed by atoms with Crippen LogP contribution in [0.4, 0.5) is 0 Å². The lowest BCUT2D eigenvalue weighted by molar-refractivity contribution is 0.507. The van der Waals surface area contributed by atoms with Crippen LogP contribution in [0, 0.1) is 6.92 Å². The monoisotopic (exact) mass is 244 g/mol. The zero-order valence-corrected chi connectivity index (χ0v) is 11.2. The van der Waals surface area contributed by atoms with Crippen molar-refractivity contribution in [1.29, 1.82) is 0 Å². The predicted octanol–water partition coefficient (Wildman–Crippen LogP) is 2.36. The maximum atomic E-state index is 4.27. The van der Waals surface area contributed by atoms with E-state index in [1.54, 1.807) is 11.0 Å². The molecule has 0 aliphatic carbocycles. The van der Waals surface area contributed by atoms with Crippen molar-refractivity contribution >= 4 is 0 Å². The van der Waals surface area contributed by atoms with Gasteiger partial charge in [0.1, 0.15) is 6.33 Å². The molecule has 1 atom stereocenters. The van der Waals surface area contributed by atoms with E-state index < -0.39 is 0 Å². The number of rotatable bonds is 5. The highest BCUT2D eigenvalue weighted by molar-refractivity contribution is 5.24. The summed E-state index contributed by atoms with van der Waals surface area (Å²) in [7, 11) is 1.88. The van der Waals surface area contributed by atoms with E-state index in [4.69, 9.17) is 0 Å². The van der Waals surface area contributed by atoms with Crippen molar-refractivity contribution in [2.45, 2.75) is 32.9 Å². The molecule has 1 aromatic carbocycles. The number of nitrogens with one attached hydrogen (secondary N) is 1. The van der Waals surface area contributed by atoms with Crippen LogP contribution in [0.3, 0.4) is 0 Å². The molecular formula is C14H20N4. The largest absolute Gasteiger partial charge is 0.303 e. The molecule has 0 fully saturated rings. The molecule has 1 unspecified atom stereocenters. The summed E-state index contributed by atoms with van der Waals surface area (Å²) in [4.78, 5) is 4.22. The molecule has 4 heteroatoms. The Balaban J connectivity index is 1.99. The molecule has 96 valence electrons. The van der Waals surface area contributed by atoms with Gasteiger partial charge >= 0.3 is 0 Å². The second kappa shape index (κ2) is 5.78. The zero-order chi connectivity index (χ0) is 13.0. The van der Waals surface area contributed by atoms with Crippen molar-refractivity contribution in [3.05, 3.63) is 47.5 Å². The topological polar surface area (TPSA) is 42.7 Å². The summed E-state index contributed by atoms with van der Waals surface area (Å²) in [6.45, 7) is 4.99.